The molecule has 0 radical (unpaired) electrons. The summed E-state index contributed by atoms with van der Waals surface area (Å²) in [5.41, 5.74) is 9.06. The van der Waals surface area contributed by atoms with E-state index in [1.54, 1.807) is 6.92 Å². The van der Waals surface area contributed by atoms with Gasteiger partial charge >= 0.3 is 0 Å². The smallest absolute Gasteiger partial charge is 0.212 e. The van der Waals surface area contributed by atoms with E-state index in [4.69, 9.17) is 5.73 Å². The topological polar surface area (TPSA) is 84.2 Å². The summed E-state index contributed by atoms with van der Waals surface area (Å²) >= 11 is 0. The molecule has 1 unspecified atom stereocenters. The lowest BCUT2D eigenvalue weighted by atomic mass is 10.1. The first-order valence-electron chi connectivity index (χ1n) is 6.61. The van der Waals surface area contributed by atoms with Gasteiger partial charge < -0.3 is 11.1 Å². The second kappa shape index (κ2) is 5.90. The van der Waals surface area contributed by atoms with Crippen LogP contribution in [0.25, 0.3) is 0 Å². The number of nitrogens with two attached hydrogens (primary N) is 1. The third-order valence-electron chi connectivity index (χ3n) is 3.37. The number of hydrogen-bond acceptors (Lipinski definition) is 4. The van der Waals surface area contributed by atoms with Crippen LogP contribution in [0.15, 0.2) is 18.2 Å². The predicted octanol–water partition coefficient (Wildman–Crippen LogP) is 0.785. The zero-order valence-electron chi connectivity index (χ0n) is 11.1. The first-order chi connectivity index (χ1) is 9.02. The molecule has 5 nitrogen and oxygen atoms in total. The summed E-state index contributed by atoms with van der Waals surface area (Å²) in [6, 6.07) is 6.18. The molecule has 1 aliphatic rings. The van der Waals surface area contributed by atoms with E-state index in [2.05, 4.69) is 10.0 Å². The lowest BCUT2D eigenvalue weighted by Crippen LogP contribution is -2.32. The van der Waals surface area contributed by atoms with Crippen LogP contribution in [0.4, 0.5) is 5.69 Å². The second-order valence-electron chi connectivity index (χ2n) is 4.82. The van der Waals surface area contributed by atoms with Crippen LogP contribution in [0, 0.1) is 0 Å². The molecule has 4 N–H and O–H groups in total. The molecule has 0 fully saturated rings. The minimum absolute atomic E-state index is 0.113. The van der Waals surface area contributed by atoms with Gasteiger partial charge in [-0.25, -0.2) is 13.1 Å². The third-order valence-corrected chi connectivity index (χ3v) is 4.84. The Morgan fingerprint density at radius 1 is 1.42 bits per heavy atom. The van der Waals surface area contributed by atoms with Crippen LogP contribution in [0.3, 0.4) is 0 Å². The largest absolute Gasteiger partial charge is 0.399 e. The minimum atomic E-state index is -3.14. The van der Waals surface area contributed by atoms with Gasteiger partial charge in [0, 0.05) is 24.8 Å². The number of nitrogens with one attached hydrogen (secondary N) is 2. The van der Waals surface area contributed by atoms with Gasteiger partial charge in [-0.2, -0.15) is 0 Å². The van der Waals surface area contributed by atoms with Crippen molar-refractivity contribution in [3.63, 3.8) is 0 Å². The number of rotatable bonds is 6. The maximum absolute atomic E-state index is 11.5. The van der Waals surface area contributed by atoms with Crippen LogP contribution in [0.5, 0.6) is 0 Å². The summed E-state index contributed by atoms with van der Waals surface area (Å²) in [5, 5.41) is 3.31. The van der Waals surface area contributed by atoms with Crippen molar-refractivity contribution in [2.45, 2.75) is 25.8 Å². The summed E-state index contributed by atoms with van der Waals surface area (Å²) < 4.78 is 25.5. The molecular weight excluding hydrogens is 262 g/mol. The zero-order valence-corrected chi connectivity index (χ0v) is 12.0. The van der Waals surface area contributed by atoms with Gasteiger partial charge in [-0.1, -0.05) is 13.0 Å². The second-order valence-corrected chi connectivity index (χ2v) is 6.75. The summed E-state index contributed by atoms with van der Waals surface area (Å²) in [5.74, 6) is 0.113. The fraction of sp³-hybridized carbons (Fsp3) is 0.538. The monoisotopic (exact) mass is 283 g/mol. The van der Waals surface area contributed by atoms with Crippen LogP contribution in [-0.4, -0.2) is 27.3 Å². The van der Waals surface area contributed by atoms with Crippen molar-refractivity contribution in [3.8, 4) is 0 Å². The summed E-state index contributed by atoms with van der Waals surface area (Å²) in [6.07, 6.45) is 2.00. The average molecular weight is 283 g/mol. The Kier molecular flexibility index (Phi) is 4.44. The van der Waals surface area contributed by atoms with Crippen molar-refractivity contribution in [1.82, 2.24) is 10.0 Å². The van der Waals surface area contributed by atoms with Gasteiger partial charge in [-0.05, 0) is 36.1 Å². The Hall–Kier alpha value is -1.11. The normalized spacial score (nSPS) is 18.5. The molecule has 0 spiro atoms. The highest BCUT2D eigenvalue weighted by Crippen LogP contribution is 2.32. The van der Waals surface area contributed by atoms with Gasteiger partial charge in [-0.15, -0.1) is 0 Å². The van der Waals surface area contributed by atoms with Gasteiger partial charge in [0.25, 0.3) is 0 Å². The van der Waals surface area contributed by atoms with Gasteiger partial charge in [0.05, 0.1) is 5.75 Å². The van der Waals surface area contributed by atoms with Crippen molar-refractivity contribution >= 4 is 15.7 Å². The molecule has 0 aliphatic heterocycles. The molecule has 0 bridgehead atoms. The van der Waals surface area contributed by atoms with Crippen LogP contribution in [0.2, 0.25) is 0 Å². The summed E-state index contributed by atoms with van der Waals surface area (Å²) in [4.78, 5) is 0. The molecule has 2 rings (SSSR count). The Bertz CT molecular complexity index is 543. The molecule has 19 heavy (non-hydrogen) atoms. The van der Waals surface area contributed by atoms with Crippen molar-refractivity contribution in [2.75, 3.05) is 24.6 Å². The molecule has 6 heteroatoms. The number of aryl methyl sites for hydroxylation is 1. The molecule has 1 aliphatic carbocycles. The third kappa shape index (κ3) is 3.68. The highest BCUT2D eigenvalue weighted by Gasteiger charge is 2.22. The number of fused-ring (bicyclic) bond motifs is 1. The van der Waals surface area contributed by atoms with Crippen molar-refractivity contribution in [3.05, 3.63) is 29.3 Å². The Balaban J connectivity index is 1.90. The van der Waals surface area contributed by atoms with Crippen molar-refractivity contribution < 1.29 is 8.42 Å². The number of benzene rings is 1. The van der Waals surface area contributed by atoms with E-state index < -0.39 is 10.0 Å². The molecule has 1 aromatic rings. The average Bonchev–Trinajstić information content (AvgIpc) is 2.71. The maximum atomic E-state index is 11.5. The number of hydrogen-bond donors (Lipinski definition) is 3. The molecule has 0 aromatic heterocycles. The van der Waals surface area contributed by atoms with E-state index in [1.165, 1.54) is 11.1 Å². The van der Waals surface area contributed by atoms with E-state index in [1.807, 2.05) is 18.2 Å². The first-order valence-corrected chi connectivity index (χ1v) is 8.26. The van der Waals surface area contributed by atoms with Crippen LogP contribution < -0.4 is 15.8 Å². The molecule has 1 atom stereocenters. The van der Waals surface area contributed by atoms with Gasteiger partial charge in [-0.3, -0.25) is 0 Å². The SMILES string of the molecule is CCNS(=O)(=O)CCNC1CCc2cc(N)ccc21. The Morgan fingerprint density at radius 2 is 2.21 bits per heavy atom. The number of nitrogen functional groups attached to an aromatic ring is 1. The number of sulfonamides is 1. The predicted molar refractivity (Wildman–Crippen MR) is 77.4 cm³/mol. The Morgan fingerprint density at radius 3 is 2.95 bits per heavy atom. The zero-order chi connectivity index (χ0) is 13.9. The van der Waals surface area contributed by atoms with Crippen molar-refractivity contribution in [1.29, 1.82) is 0 Å². The minimum Gasteiger partial charge on any atom is -0.399 e. The molecule has 0 saturated heterocycles. The van der Waals surface area contributed by atoms with Crippen LogP contribution in [0.1, 0.15) is 30.5 Å². The van der Waals surface area contributed by atoms with E-state index in [-0.39, 0.29) is 11.8 Å². The molecule has 0 saturated carbocycles. The van der Waals surface area contributed by atoms with E-state index >= 15 is 0 Å². The summed E-state index contributed by atoms with van der Waals surface area (Å²) in [7, 11) is -3.14. The van der Waals surface area contributed by atoms with Crippen LogP contribution in [-0.2, 0) is 16.4 Å². The summed E-state index contributed by atoms with van der Waals surface area (Å²) in [6.45, 7) is 2.68. The first kappa shape index (κ1) is 14.3. The van der Waals surface area contributed by atoms with E-state index in [9.17, 15) is 8.42 Å². The van der Waals surface area contributed by atoms with Gasteiger partial charge in [0.15, 0.2) is 0 Å². The highest BCUT2D eigenvalue weighted by molar-refractivity contribution is 7.89. The maximum Gasteiger partial charge on any atom is 0.212 e. The van der Waals surface area contributed by atoms with Crippen LogP contribution >= 0.6 is 0 Å². The van der Waals surface area contributed by atoms with Crippen molar-refractivity contribution in [2.24, 2.45) is 0 Å². The lowest BCUT2D eigenvalue weighted by Gasteiger charge is -2.14. The molecule has 0 amide bonds. The molecular formula is C13H21N3O2S. The Labute approximate surface area is 114 Å². The highest BCUT2D eigenvalue weighted by atomic mass is 32.2. The molecule has 1 aromatic carbocycles. The fourth-order valence-corrected chi connectivity index (χ4v) is 3.48. The molecule has 106 valence electrons. The van der Waals surface area contributed by atoms with Gasteiger partial charge in [0.1, 0.15) is 0 Å². The quantitative estimate of drug-likeness (QED) is 0.674. The van der Waals surface area contributed by atoms with Gasteiger partial charge in [0.2, 0.25) is 10.0 Å². The lowest BCUT2D eigenvalue weighted by molar-refractivity contribution is 0.538. The standard InChI is InChI=1S/C13H21N3O2S/c1-2-16-19(17,18)8-7-15-13-6-3-10-9-11(14)4-5-12(10)13/h4-5,9,13,15-16H,2-3,6-8,14H2,1H3. The van der Waals surface area contributed by atoms with E-state index in [0.29, 0.717) is 13.1 Å². The van der Waals surface area contributed by atoms with E-state index in [0.717, 1.165) is 18.5 Å². The molecule has 0 heterocycles. The fourth-order valence-electron chi connectivity index (χ4n) is 2.51. The number of anilines is 1.